The van der Waals surface area contributed by atoms with Gasteiger partial charge in [0.25, 0.3) is 0 Å². The standard InChI is InChI=1S/C13H22O2/c1-4-10(2)9-13(12(14)15)7-5-11(3)6-8-13/h11H,2,4-9H2,1,3H3,(H,14,15). The van der Waals surface area contributed by atoms with Crippen LogP contribution in [0.15, 0.2) is 12.2 Å². The molecule has 1 fully saturated rings. The van der Waals surface area contributed by atoms with E-state index in [-0.39, 0.29) is 0 Å². The molecule has 2 heteroatoms. The number of aliphatic carboxylic acids is 1. The first-order valence-corrected chi connectivity index (χ1v) is 5.90. The van der Waals surface area contributed by atoms with Crippen LogP contribution >= 0.6 is 0 Å². The van der Waals surface area contributed by atoms with Crippen LogP contribution in [0.2, 0.25) is 0 Å². The summed E-state index contributed by atoms with van der Waals surface area (Å²) in [5.41, 5.74) is 0.575. The number of carboxylic acids is 1. The number of rotatable bonds is 4. The molecule has 0 bridgehead atoms. The van der Waals surface area contributed by atoms with Crippen LogP contribution < -0.4 is 0 Å². The van der Waals surface area contributed by atoms with Crippen molar-refractivity contribution in [2.45, 2.75) is 52.4 Å². The van der Waals surface area contributed by atoms with Gasteiger partial charge in [-0.05, 0) is 44.4 Å². The fourth-order valence-corrected chi connectivity index (χ4v) is 2.38. The van der Waals surface area contributed by atoms with E-state index in [1.807, 2.05) is 6.92 Å². The number of hydrogen-bond acceptors (Lipinski definition) is 1. The maximum absolute atomic E-state index is 11.4. The number of hydrogen-bond donors (Lipinski definition) is 1. The highest BCUT2D eigenvalue weighted by atomic mass is 16.4. The Hall–Kier alpha value is -0.790. The van der Waals surface area contributed by atoms with Gasteiger partial charge in [-0.2, -0.15) is 0 Å². The van der Waals surface area contributed by atoms with Gasteiger partial charge in [0.15, 0.2) is 0 Å². The van der Waals surface area contributed by atoms with Gasteiger partial charge >= 0.3 is 5.97 Å². The van der Waals surface area contributed by atoms with Crippen molar-refractivity contribution in [1.82, 2.24) is 0 Å². The van der Waals surface area contributed by atoms with Crippen molar-refractivity contribution in [2.24, 2.45) is 11.3 Å². The molecule has 15 heavy (non-hydrogen) atoms. The summed E-state index contributed by atoms with van der Waals surface area (Å²) in [4.78, 5) is 11.4. The lowest BCUT2D eigenvalue weighted by Gasteiger charge is -2.36. The molecule has 1 aliphatic rings. The summed E-state index contributed by atoms with van der Waals surface area (Å²) in [7, 11) is 0. The summed E-state index contributed by atoms with van der Waals surface area (Å²) in [6.45, 7) is 8.20. The lowest BCUT2D eigenvalue weighted by Crippen LogP contribution is -2.35. The fourth-order valence-electron chi connectivity index (χ4n) is 2.38. The van der Waals surface area contributed by atoms with Crippen LogP contribution in [0.5, 0.6) is 0 Å². The Kier molecular flexibility index (Phi) is 3.95. The molecular weight excluding hydrogens is 188 g/mol. The molecule has 0 aliphatic heterocycles. The molecule has 0 spiro atoms. The molecule has 0 atom stereocenters. The van der Waals surface area contributed by atoms with Crippen molar-refractivity contribution >= 4 is 5.97 Å². The summed E-state index contributed by atoms with van der Waals surface area (Å²) in [6, 6.07) is 0. The minimum atomic E-state index is -0.621. The van der Waals surface area contributed by atoms with Crippen LogP contribution in [0.4, 0.5) is 0 Å². The van der Waals surface area contributed by atoms with Crippen LogP contribution in [-0.2, 0) is 4.79 Å². The second kappa shape index (κ2) is 4.82. The summed E-state index contributed by atoms with van der Waals surface area (Å²) >= 11 is 0. The third-order valence-electron chi connectivity index (χ3n) is 3.77. The highest BCUT2D eigenvalue weighted by molar-refractivity contribution is 5.75. The van der Waals surface area contributed by atoms with Gasteiger partial charge in [0, 0.05) is 0 Å². The van der Waals surface area contributed by atoms with Gasteiger partial charge in [-0.15, -0.1) is 0 Å². The van der Waals surface area contributed by atoms with E-state index >= 15 is 0 Å². The van der Waals surface area contributed by atoms with Crippen molar-refractivity contribution in [2.75, 3.05) is 0 Å². The van der Waals surface area contributed by atoms with E-state index < -0.39 is 11.4 Å². The van der Waals surface area contributed by atoms with Crippen LogP contribution in [0, 0.1) is 11.3 Å². The molecule has 0 heterocycles. The minimum Gasteiger partial charge on any atom is -0.481 e. The predicted octanol–water partition coefficient (Wildman–Crippen LogP) is 3.62. The first-order chi connectivity index (χ1) is 7.00. The average Bonchev–Trinajstić information content (AvgIpc) is 2.21. The Balaban J connectivity index is 2.71. The maximum atomic E-state index is 11.4. The second-order valence-electron chi connectivity index (χ2n) is 5.05. The molecule has 86 valence electrons. The van der Waals surface area contributed by atoms with E-state index in [9.17, 15) is 9.90 Å². The van der Waals surface area contributed by atoms with Crippen molar-refractivity contribution in [3.05, 3.63) is 12.2 Å². The molecular formula is C13H22O2. The number of carboxylic acid groups (broad SMARTS) is 1. The molecule has 1 aliphatic carbocycles. The second-order valence-corrected chi connectivity index (χ2v) is 5.05. The Labute approximate surface area is 92.4 Å². The van der Waals surface area contributed by atoms with Gasteiger partial charge < -0.3 is 5.11 Å². The van der Waals surface area contributed by atoms with Crippen LogP contribution in [0.25, 0.3) is 0 Å². The largest absolute Gasteiger partial charge is 0.481 e. The Morgan fingerprint density at radius 1 is 1.47 bits per heavy atom. The first kappa shape index (κ1) is 12.3. The third kappa shape index (κ3) is 2.83. The van der Waals surface area contributed by atoms with Gasteiger partial charge in [0.05, 0.1) is 5.41 Å². The predicted molar refractivity (Wildman–Crippen MR) is 61.7 cm³/mol. The van der Waals surface area contributed by atoms with Crippen LogP contribution in [-0.4, -0.2) is 11.1 Å². The molecule has 0 aromatic carbocycles. The fraction of sp³-hybridized carbons (Fsp3) is 0.769. The highest BCUT2D eigenvalue weighted by Crippen LogP contribution is 2.43. The van der Waals surface area contributed by atoms with E-state index in [0.29, 0.717) is 12.3 Å². The first-order valence-electron chi connectivity index (χ1n) is 5.90. The molecule has 0 aromatic rings. The van der Waals surface area contributed by atoms with E-state index in [1.54, 1.807) is 0 Å². The third-order valence-corrected chi connectivity index (χ3v) is 3.77. The van der Waals surface area contributed by atoms with Gasteiger partial charge in [0.1, 0.15) is 0 Å². The summed E-state index contributed by atoms with van der Waals surface area (Å²) in [5.74, 6) is 0.0661. The lowest BCUT2D eigenvalue weighted by atomic mass is 9.67. The molecule has 1 N–H and O–H groups in total. The quantitative estimate of drug-likeness (QED) is 0.719. The van der Waals surface area contributed by atoms with Gasteiger partial charge in [0.2, 0.25) is 0 Å². The molecule has 0 aromatic heterocycles. The molecule has 0 saturated heterocycles. The van der Waals surface area contributed by atoms with Gasteiger partial charge in [-0.1, -0.05) is 26.0 Å². The van der Waals surface area contributed by atoms with E-state index in [1.165, 1.54) is 0 Å². The molecule has 2 nitrogen and oxygen atoms in total. The van der Waals surface area contributed by atoms with Crippen LogP contribution in [0.1, 0.15) is 52.4 Å². The molecule has 0 unspecified atom stereocenters. The SMILES string of the molecule is C=C(CC)CC1(C(=O)O)CCC(C)CC1. The summed E-state index contributed by atoms with van der Waals surface area (Å²) in [5, 5.41) is 9.38. The molecule has 0 radical (unpaired) electrons. The summed E-state index contributed by atoms with van der Waals surface area (Å²) in [6.07, 6.45) is 5.30. The smallest absolute Gasteiger partial charge is 0.309 e. The van der Waals surface area contributed by atoms with Crippen molar-refractivity contribution in [1.29, 1.82) is 0 Å². The molecule has 1 saturated carbocycles. The Morgan fingerprint density at radius 3 is 2.40 bits per heavy atom. The Morgan fingerprint density at radius 2 is 2.00 bits per heavy atom. The van der Waals surface area contributed by atoms with E-state index in [0.717, 1.165) is 37.7 Å². The van der Waals surface area contributed by atoms with Crippen LogP contribution in [0.3, 0.4) is 0 Å². The zero-order chi connectivity index (χ0) is 11.5. The lowest BCUT2D eigenvalue weighted by molar-refractivity contribution is -0.151. The maximum Gasteiger partial charge on any atom is 0.309 e. The minimum absolute atomic E-state index is 0.500. The monoisotopic (exact) mass is 210 g/mol. The topological polar surface area (TPSA) is 37.3 Å². The Bertz CT molecular complexity index is 247. The molecule has 1 rings (SSSR count). The number of carbonyl (C=O) groups is 1. The normalized spacial score (nSPS) is 31.2. The average molecular weight is 210 g/mol. The van der Waals surface area contributed by atoms with E-state index in [2.05, 4.69) is 13.5 Å². The van der Waals surface area contributed by atoms with E-state index in [4.69, 9.17) is 0 Å². The molecule has 0 amide bonds. The summed E-state index contributed by atoms with van der Waals surface area (Å²) < 4.78 is 0. The number of allylic oxidation sites excluding steroid dienone is 1. The van der Waals surface area contributed by atoms with Crippen molar-refractivity contribution in [3.8, 4) is 0 Å². The highest BCUT2D eigenvalue weighted by Gasteiger charge is 2.40. The van der Waals surface area contributed by atoms with Gasteiger partial charge in [-0.3, -0.25) is 4.79 Å². The zero-order valence-corrected chi connectivity index (χ0v) is 9.88. The van der Waals surface area contributed by atoms with Crippen molar-refractivity contribution in [3.63, 3.8) is 0 Å². The van der Waals surface area contributed by atoms with Crippen molar-refractivity contribution < 1.29 is 9.90 Å². The zero-order valence-electron chi connectivity index (χ0n) is 9.88. The van der Waals surface area contributed by atoms with Gasteiger partial charge in [-0.25, -0.2) is 0 Å².